The summed E-state index contributed by atoms with van der Waals surface area (Å²) in [6, 6.07) is 16.0. The number of benzene rings is 2. The molecule has 0 aromatic heterocycles. The van der Waals surface area contributed by atoms with E-state index in [-0.39, 0.29) is 5.41 Å². The summed E-state index contributed by atoms with van der Waals surface area (Å²) in [5.41, 5.74) is 9.24. The zero-order valence-corrected chi connectivity index (χ0v) is 13.7. The zero-order chi connectivity index (χ0) is 15.5. The van der Waals surface area contributed by atoms with Gasteiger partial charge in [0.25, 0.3) is 0 Å². The van der Waals surface area contributed by atoms with Crippen LogP contribution in [0.2, 0.25) is 0 Å². The van der Waals surface area contributed by atoms with Crippen molar-refractivity contribution in [2.45, 2.75) is 43.4 Å². The van der Waals surface area contributed by atoms with E-state index in [1.54, 1.807) is 0 Å². The molecule has 2 aromatic rings. The number of rotatable bonds is 4. The van der Waals surface area contributed by atoms with Crippen LogP contribution >= 0.6 is 0 Å². The van der Waals surface area contributed by atoms with Gasteiger partial charge in [-0.1, -0.05) is 57.2 Å². The van der Waals surface area contributed by atoms with Crippen LogP contribution in [0, 0.1) is 0 Å². The minimum atomic E-state index is -1.04. The number of nitrogens with two attached hydrogens (primary N) is 1. The van der Waals surface area contributed by atoms with Gasteiger partial charge in [-0.2, -0.15) is 0 Å². The van der Waals surface area contributed by atoms with E-state index in [9.17, 15) is 4.21 Å². The van der Waals surface area contributed by atoms with Crippen molar-refractivity contribution in [1.29, 1.82) is 0 Å². The Hall–Kier alpha value is -1.45. The quantitative estimate of drug-likeness (QED) is 0.934. The molecule has 2 nitrogen and oxygen atoms in total. The van der Waals surface area contributed by atoms with Gasteiger partial charge in [-0.15, -0.1) is 0 Å². The van der Waals surface area contributed by atoms with Gasteiger partial charge in [0.2, 0.25) is 0 Å². The van der Waals surface area contributed by atoms with E-state index in [0.29, 0.717) is 12.3 Å². The van der Waals surface area contributed by atoms with Gasteiger partial charge in [0.1, 0.15) is 0 Å². The first kappa shape index (κ1) is 15.9. The third-order valence-corrected chi connectivity index (χ3v) is 4.98. The number of hydrogen-bond donors (Lipinski definition) is 1. The molecular formula is C18H23NOS. The first-order valence-electron chi connectivity index (χ1n) is 7.17. The molecule has 0 radical (unpaired) electrons. The van der Waals surface area contributed by atoms with E-state index in [4.69, 9.17) is 5.73 Å². The summed E-state index contributed by atoms with van der Waals surface area (Å²) < 4.78 is 12.5. The Morgan fingerprint density at radius 3 is 2.05 bits per heavy atom. The van der Waals surface area contributed by atoms with E-state index in [1.807, 2.05) is 36.4 Å². The highest BCUT2D eigenvalue weighted by Crippen LogP contribution is 2.24. The summed E-state index contributed by atoms with van der Waals surface area (Å²) in [5, 5.41) is 0. The summed E-state index contributed by atoms with van der Waals surface area (Å²) in [7, 11) is -1.04. The molecule has 0 spiro atoms. The first-order chi connectivity index (χ1) is 9.91. The Morgan fingerprint density at radius 2 is 1.52 bits per heavy atom. The van der Waals surface area contributed by atoms with Gasteiger partial charge < -0.3 is 5.73 Å². The maximum atomic E-state index is 12.5. The van der Waals surface area contributed by atoms with Crippen molar-refractivity contribution in [3.63, 3.8) is 0 Å². The molecule has 0 fully saturated rings. The van der Waals surface area contributed by atoms with Gasteiger partial charge in [0.15, 0.2) is 0 Å². The predicted molar refractivity (Wildman–Crippen MR) is 89.6 cm³/mol. The van der Waals surface area contributed by atoms with E-state index in [2.05, 4.69) is 32.9 Å². The highest BCUT2D eigenvalue weighted by atomic mass is 32.2. The molecule has 0 saturated heterocycles. The Labute approximate surface area is 129 Å². The number of hydrogen-bond acceptors (Lipinski definition) is 2. The van der Waals surface area contributed by atoms with Crippen molar-refractivity contribution >= 4 is 10.8 Å². The molecule has 0 aliphatic carbocycles. The maximum absolute atomic E-state index is 12.5. The second-order valence-corrected chi connectivity index (χ2v) is 7.69. The molecular weight excluding hydrogens is 278 g/mol. The minimum absolute atomic E-state index is 0.117. The molecule has 112 valence electrons. The lowest BCUT2D eigenvalue weighted by molar-refractivity contribution is 0.589. The molecule has 3 heteroatoms. The molecule has 0 heterocycles. The van der Waals surface area contributed by atoms with Gasteiger partial charge >= 0.3 is 0 Å². The zero-order valence-electron chi connectivity index (χ0n) is 12.9. The molecule has 0 aliphatic rings. The first-order valence-corrected chi connectivity index (χ1v) is 8.49. The van der Waals surface area contributed by atoms with Gasteiger partial charge in [0, 0.05) is 11.4 Å². The van der Waals surface area contributed by atoms with Gasteiger partial charge in [-0.25, -0.2) is 0 Å². The molecule has 1 unspecified atom stereocenters. The molecule has 2 N–H and O–H groups in total. The van der Waals surface area contributed by atoms with Crippen LogP contribution in [0.4, 0.5) is 0 Å². The van der Waals surface area contributed by atoms with Gasteiger partial charge in [0.05, 0.1) is 16.6 Å². The highest BCUT2D eigenvalue weighted by molar-refractivity contribution is 7.84. The third-order valence-electron chi connectivity index (χ3n) is 3.61. The molecule has 2 rings (SSSR count). The largest absolute Gasteiger partial charge is 0.326 e. The molecule has 0 amide bonds. The average Bonchev–Trinajstić information content (AvgIpc) is 2.47. The summed E-state index contributed by atoms with van der Waals surface area (Å²) in [6.45, 7) is 7.01. The van der Waals surface area contributed by atoms with Crippen LogP contribution in [0.1, 0.15) is 37.5 Å². The second-order valence-electron chi connectivity index (χ2n) is 6.24. The van der Waals surface area contributed by atoms with E-state index in [0.717, 1.165) is 16.0 Å². The Kier molecular flexibility index (Phi) is 4.96. The van der Waals surface area contributed by atoms with E-state index >= 15 is 0 Å². The van der Waals surface area contributed by atoms with Crippen LogP contribution in [0.25, 0.3) is 0 Å². The van der Waals surface area contributed by atoms with Crippen LogP contribution in [0.3, 0.4) is 0 Å². The molecule has 21 heavy (non-hydrogen) atoms. The standard InChI is InChI=1S/C18H23NOS/c1-18(2,3)16-8-10-17(11-9-16)21(20)13-15-7-5-4-6-14(15)12-19/h4-11H,12-13,19H2,1-3H3. The van der Waals surface area contributed by atoms with Gasteiger partial charge in [-0.05, 0) is 34.2 Å². The molecule has 2 aromatic carbocycles. The van der Waals surface area contributed by atoms with Crippen molar-refractivity contribution in [3.05, 3.63) is 65.2 Å². The van der Waals surface area contributed by atoms with Crippen LogP contribution in [0.5, 0.6) is 0 Å². The topological polar surface area (TPSA) is 43.1 Å². The third kappa shape index (κ3) is 4.02. The summed E-state index contributed by atoms with van der Waals surface area (Å²) in [5.74, 6) is 0.516. The van der Waals surface area contributed by atoms with Crippen LogP contribution in [-0.4, -0.2) is 4.21 Å². The molecule has 0 bridgehead atoms. The van der Waals surface area contributed by atoms with Crippen molar-refractivity contribution in [1.82, 2.24) is 0 Å². The minimum Gasteiger partial charge on any atom is -0.326 e. The van der Waals surface area contributed by atoms with E-state index < -0.39 is 10.8 Å². The summed E-state index contributed by atoms with van der Waals surface area (Å²) >= 11 is 0. The lowest BCUT2D eigenvalue weighted by Gasteiger charge is -2.19. The predicted octanol–water partition coefficient (Wildman–Crippen LogP) is 3.75. The Balaban J connectivity index is 2.17. The Bertz CT molecular complexity index is 626. The summed E-state index contributed by atoms with van der Waals surface area (Å²) in [6.07, 6.45) is 0. The monoisotopic (exact) mass is 301 g/mol. The Morgan fingerprint density at radius 1 is 0.952 bits per heavy atom. The average molecular weight is 301 g/mol. The fraction of sp³-hybridized carbons (Fsp3) is 0.333. The lowest BCUT2D eigenvalue weighted by atomic mass is 9.87. The van der Waals surface area contributed by atoms with Crippen LogP contribution < -0.4 is 5.73 Å². The molecule has 0 saturated carbocycles. The fourth-order valence-electron chi connectivity index (χ4n) is 2.23. The molecule has 0 aliphatic heterocycles. The highest BCUT2D eigenvalue weighted by Gasteiger charge is 2.14. The fourth-order valence-corrected chi connectivity index (χ4v) is 3.40. The van der Waals surface area contributed by atoms with Crippen LogP contribution in [0.15, 0.2) is 53.4 Å². The van der Waals surface area contributed by atoms with Crippen molar-refractivity contribution < 1.29 is 4.21 Å². The van der Waals surface area contributed by atoms with E-state index in [1.165, 1.54) is 5.56 Å². The molecule has 1 atom stereocenters. The van der Waals surface area contributed by atoms with Gasteiger partial charge in [-0.3, -0.25) is 4.21 Å². The lowest BCUT2D eigenvalue weighted by Crippen LogP contribution is -2.11. The van der Waals surface area contributed by atoms with Crippen molar-refractivity contribution in [3.8, 4) is 0 Å². The normalized spacial score (nSPS) is 13.1. The van der Waals surface area contributed by atoms with Crippen molar-refractivity contribution in [2.24, 2.45) is 5.73 Å². The second kappa shape index (κ2) is 6.54. The smallest absolute Gasteiger partial charge is 0.0574 e. The van der Waals surface area contributed by atoms with Crippen molar-refractivity contribution in [2.75, 3.05) is 0 Å². The SMILES string of the molecule is CC(C)(C)c1ccc(S(=O)Cc2ccccc2CN)cc1. The van der Waals surface area contributed by atoms with Crippen LogP contribution in [-0.2, 0) is 28.5 Å². The summed E-state index contributed by atoms with van der Waals surface area (Å²) in [4.78, 5) is 0.870. The maximum Gasteiger partial charge on any atom is 0.0574 e.